The third kappa shape index (κ3) is 1.79. The second-order valence-electron chi connectivity index (χ2n) is 4.35. The minimum atomic E-state index is 0.506. The van der Waals surface area contributed by atoms with E-state index in [1.54, 1.807) is 6.07 Å². The Morgan fingerprint density at radius 1 is 1.17 bits per heavy atom. The first-order valence-corrected chi connectivity index (χ1v) is 6.27. The third-order valence-electron chi connectivity index (χ3n) is 3.31. The molecule has 0 unspecified atom stereocenters. The number of aldehydes is 1. The summed E-state index contributed by atoms with van der Waals surface area (Å²) in [5, 5.41) is 0.506. The molecule has 0 saturated heterocycles. The maximum Gasteiger partial charge on any atom is 0.151 e. The zero-order chi connectivity index (χ0) is 12.5. The highest BCUT2D eigenvalue weighted by molar-refractivity contribution is 6.33. The van der Waals surface area contributed by atoms with Crippen LogP contribution in [0.4, 0.5) is 11.4 Å². The standard InChI is InChI=1S/C15H12ClNO/c16-14-9-13(6-5-12(14)10-18)17-8-7-11-3-1-2-4-15(11)17/h1-6,9-10H,7-8H2. The quantitative estimate of drug-likeness (QED) is 0.762. The molecule has 90 valence electrons. The van der Waals surface area contributed by atoms with E-state index in [0.717, 1.165) is 24.9 Å². The van der Waals surface area contributed by atoms with Crippen LogP contribution in [0.1, 0.15) is 15.9 Å². The molecule has 0 atom stereocenters. The lowest BCUT2D eigenvalue weighted by Crippen LogP contribution is -2.13. The minimum Gasteiger partial charge on any atom is -0.341 e. The molecule has 0 aliphatic carbocycles. The Hall–Kier alpha value is -1.80. The van der Waals surface area contributed by atoms with Crippen LogP contribution in [-0.2, 0) is 6.42 Å². The van der Waals surface area contributed by atoms with Gasteiger partial charge in [0.15, 0.2) is 6.29 Å². The minimum absolute atomic E-state index is 0.506. The average Bonchev–Trinajstić information content (AvgIpc) is 2.82. The monoisotopic (exact) mass is 257 g/mol. The molecule has 2 aromatic carbocycles. The summed E-state index contributed by atoms with van der Waals surface area (Å²) in [5.41, 5.74) is 4.16. The van der Waals surface area contributed by atoms with Crippen LogP contribution in [0.5, 0.6) is 0 Å². The van der Waals surface area contributed by atoms with E-state index in [1.165, 1.54) is 11.3 Å². The van der Waals surface area contributed by atoms with Gasteiger partial charge in [-0.1, -0.05) is 29.8 Å². The first-order chi connectivity index (χ1) is 8.79. The number of halogens is 1. The van der Waals surface area contributed by atoms with Gasteiger partial charge in [0.05, 0.1) is 5.02 Å². The van der Waals surface area contributed by atoms with E-state index in [0.29, 0.717) is 10.6 Å². The number of hydrogen-bond donors (Lipinski definition) is 0. The molecule has 18 heavy (non-hydrogen) atoms. The number of hydrogen-bond acceptors (Lipinski definition) is 2. The summed E-state index contributed by atoms with van der Waals surface area (Å²) in [7, 11) is 0. The molecule has 0 aromatic heterocycles. The molecular formula is C15H12ClNO. The van der Waals surface area contributed by atoms with Crippen molar-refractivity contribution in [3.63, 3.8) is 0 Å². The molecule has 0 bridgehead atoms. The zero-order valence-electron chi connectivity index (χ0n) is 9.77. The van der Waals surface area contributed by atoms with Crippen molar-refractivity contribution in [1.82, 2.24) is 0 Å². The Morgan fingerprint density at radius 3 is 2.78 bits per heavy atom. The number of nitrogens with zero attached hydrogens (tertiary/aromatic N) is 1. The van der Waals surface area contributed by atoms with Crippen molar-refractivity contribution in [2.45, 2.75) is 6.42 Å². The van der Waals surface area contributed by atoms with Crippen LogP contribution < -0.4 is 4.90 Å². The van der Waals surface area contributed by atoms with Crippen molar-refractivity contribution < 1.29 is 4.79 Å². The van der Waals surface area contributed by atoms with Crippen molar-refractivity contribution in [3.05, 3.63) is 58.6 Å². The van der Waals surface area contributed by atoms with E-state index in [9.17, 15) is 4.79 Å². The molecule has 3 rings (SSSR count). The van der Waals surface area contributed by atoms with E-state index >= 15 is 0 Å². The Labute approximate surface area is 111 Å². The highest BCUT2D eigenvalue weighted by atomic mass is 35.5. The van der Waals surface area contributed by atoms with Gasteiger partial charge in [0, 0.05) is 23.5 Å². The molecule has 0 fully saturated rings. The second kappa shape index (κ2) is 4.46. The molecular weight excluding hydrogens is 246 g/mol. The molecule has 0 radical (unpaired) electrons. The van der Waals surface area contributed by atoms with Gasteiger partial charge in [-0.25, -0.2) is 0 Å². The van der Waals surface area contributed by atoms with E-state index in [2.05, 4.69) is 23.1 Å². The largest absolute Gasteiger partial charge is 0.341 e. The van der Waals surface area contributed by atoms with Gasteiger partial charge >= 0.3 is 0 Å². The second-order valence-corrected chi connectivity index (χ2v) is 4.76. The van der Waals surface area contributed by atoms with Crippen LogP contribution in [0.3, 0.4) is 0 Å². The summed E-state index contributed by atoms with van der Waals surface area (Å²) < 4.78 is 0. The number of carbonyl (C=O) groups excluding carboxylic acids is 1. The summed E-state index contributed by atoms with van der Waals surface area (Å²) >= 11 is 6.08. The van der Waals surface area contributed by atoms with Crippen molar-refractivity contribution in [3.8, 4) is 0 Å². The van der Waals surface area contributed by atoms with Crippen molar-refractivity contribution in [2.75, 3.05) is 11.4 Å². The van der Waals surface area contributed by atoms with Gasteiger partial charge in [-0.15, -0.1) is 0 Å². The van der Waals surface area contributed by atoms with Crippen molar-refractivity contribution in [2.24, 2.45) is 0 Å². The van der Waals surface area contributed by atoms with Crippen molar-refractivity contribution >= 4 is 29.3 Å². The SMILES string of the molecule is O=Cc1ccc(N2CCc3ccccc32)cc1Cl. The molecule has 2 nitrogen and oxygen atoms in total. The third-order valence-corrected chi connectivity index (χ3v) is 3.64. The first kappa shape index (κ1) is 11.3. The van der Waals surface area contributed by atoms with Crippen LogP contribution in [0.2, 0.25) is 5.02 Å². The summed E-state index contributed by atoms with van der Waals surface area (Å²) in [5.74, 6) is 0. The molecule has 2 aromatic rings. The highest BCUT2D eigenvalue weighted by Gasteiger charge is 2.20. The fourth-order valence-electron chi connectivity index (χ4n) is 2.39. The average molecular weight is 258 g/mol. The molecule has 1 aliphatic rings. The first-order valence-electron chi connectivity index (χ1n) is 5.90. The lowest BCUT2D eigenvalue weighted by atomic mass is 10.1. The van der Waals surface area contributed by atoms with Crippen molar-refractivity contribution in [1.29, 1.82) is 0 Å². The van der Waals surface area contributed by atoms with E-state index in [4.69, 9.17) is 11.6 Å². The number of para-hydroxylation sites is 1. The zero-order valence-corrected chi connectivity index (χ0v) is 10.5. The van der Waals surface area contributed by atoms with Gasteiger partial charge in [-0.2, -0.15) is 0 Å². The number of fused-ring (bicyclic) bond motifs is 1. The van der Waals surface area contributed by atoms with Gasteiger partial charge in [0.2, 0.25) is 0 Å². The van der Waals surface area contributed by atoms with Crippen LogP contribution in [0.25, 0.3) is 0 Å². The molecule has 0 spiro atoms. The molecule has 3 heteroatoms. The lowest BCUT2D eigenvalue weighted by Gasteiger charge is -2.20. The number of benzene rings is 2. The van der Waals surface area contributed by atoms with Gasteiger partial charge < -0.3 is 4.90 Å². The van der Waals surface area contributed by atoms with Crippen LogP contribution >= 0.6 is 11.6 Å². The van der Waals surface area contributed by atoms with E-state index in [1.807, 2.05) is 18.2 Å². The van der Waals surface area contributed by atoms with Gasteiger partial charge in [-0.3, -0.25) is 4.79 Å². The summed E-state index contributed by atoms with van der Waals surface area (Å²) in [6.45, 7) is 0.954. The van der Waals surface area contributed by atoms with Crippen LogP contribution in [0, 0.1) is 0 Å². The molecule has 0 N–H and O–H groups in total. The Kier molecular flexibility index (Phi) is 2.80. The van der Waals surface area contributed by atoms with Gasteiger partial charge in [0.25, 0.3) is 0 Å². The predicted molar refractivity (Wildman–Crippen MR) is 74.0 cm³/mol. The summed E-state index contributed by atoms with van der Waals surface area (Å²) in [4.78, 5) is 13.0. The normalized spacial score (nSPS) is 13.5. The smallest absolute Gasteiger partial charge is 0.151 e. The van der Waals surface area contributed by atoms with Gasteiger partial charge in [0.1, 0.15) is 0 Å². The molecule has 0 amide bonds. The topological polar surface area (TPSA) is 20.3 Å². The summed E-state index contributed by atoms with van der Waals surface area (Å²) in [6.07, 6.45) is 1.83. The van der Waals surface area contributed by atoms with Gasteiger partial charge in [-0.05, 0) is 36.2 Å². The fourth-order valence-corrected chi connectivity index (χ4v) is 2.61. The molecule has 0 saturated carbocycles. The summed E-state index contributed by atoms with van der Waals surface area (Å²) in [6, 6.07) is 13.9. The van der Waals surface area contributed by atoms with Crippen LogP contribution in [-0.4, -0.2) is 12.8 Å². The highest BCUT2D eigenvalue weighted by Crippen LogP contribution is 2.35. The van der Waals surface area contributed by atoms with E-state index < -0.39 is 0 Å². The fraction of sp³-hybridized carbons (Fsp3) is 0.133. The molecule has 1 aliphatic heterocycles. The Bertz CT molecular complexity index is 609. The Morgan fingerprint density at radius 2 is 2.00 bits per heavy atom. The maximum absolute atomic E-state index is 10.8. The maximum atomic E-state index is 10.8. The molecule has 1 heterocycles. The lowest BCUT2D eigenvalue weighted by molar-refractivity contribution is 0.112. The number of carbonyl (C=O) groups is 1. The predicted octanol–water partition coefficient (Wildman–Crippen LogP) is 3.85. The number of rotatable bonds is 2. The van der Waals surface area contributed by atoms with E-state index in [-0.39, 0.29) is 0 Å². The Balaban J connectivity index is 2.02. The van der Waals surface area contributed by atoms with Crippen LogP contribution in [0.15, 0.2) is 42.5 Å². The number of anilines is 2.